The zero-order chi connectivity index (χ0) is 12.2. The maximum absolute atomic E-state index is 12.4. The van der Waals surface area contributed by atoms with Gasteiger partial charge < -0.3 is 8.85 Å². The molecule has 0 heterocycles. The van der Waals surface area contributed by atoms with E-state index in [0.717, 1.165) is 12.1 Å². The Morgan fingerprint density at radius 1 is 1.19 bits per heavy atom. The number of alkyl halides is 3. The molecule has 0 N–H and O–H groups in total. The zero-order valence-corrected chi connectivity index (χ0v) is 9.97. The standard InChI is InChI=1S/C10H12F3O2Si/c1-14-16(15-2)7-8-4-3-5-9(6-8)10(11,12)13/h3-6H,7H2,1-2H3. The molecule has 0 atom stereocenters. The second-order valence-electron chi connectivity index (χ2n) is 3.16. The molecule has 0 unspecified atom stereocenters. The van der Waals surface area contributed by atoms with Crippen LogP contribution in [0.2, 0.25) is 0 Å². The van der Waals surface area contributed by atoms with E-state index in [1.54, 1.807) is 6.07 Å². The maximum Gasteiger partial charge on any atom is 0.416 e. The van der Waals surface area contributed by atoms with E-state index in [9.17, 15) is 13.2 Å². The predicted octanol–water partition coefficient (Wildman–Crippen LogP) is 2.57. The average Bonchev–Trinajstić information content (AvgIpc) is 2.25. The van der Waals surface area contributed by atoms with Gasteiger partial charge in [0.15, 0.2) is 0 Å². The van der Waals surface area contributed by atoms with Gasteiger partial charge in [0.05, 0.1) is 5.56 Å². The van der Waals surface area contributed by atoms with Crippen molar-refractivity contribution in [2.45, 2.75) is 12.2 Å². The van der Waals surface area contributed by atoms with Crippen LogP contribution in [0.25, 0.3) is 0 Å². The highest BCUT2D eigenvalue weighted by Crippen LogP contribution is 2.29. The normalized spacial score (nSPS) is 12.1. The molecular formula is C10H12F3O2Si. The van der Waals surface area contributed by atoms with Gasteiger partial charge in [-0.15, -0.1) is 0 Å². The summed E-state index contributed by atoms with van der Waals surface area (Å²) in [6.45, 7) is 0. The Hall–Kier alpha value is -0.853. The van der Waals surface area contributed by atoms with Crippen molar-refractivity contribution < 1.29 is 22.0 Å². The van der Waals surface area contributed by atoms with Crippen molar-refractivity contribution in [3.05, 3.63) is 35.4 Å². The van der Waals surface area contributed by atoms with Gasteiger partial charge in [0.2, 0.25) is 0 Å². The van der Waals surface area contributed by atoms with Gasteiger partial charge in [-0.05, 0) is 11.6 Å². The second-order valence-corrected chi connectivity index (χ2v) is 5.07. The van der Waals surface area contributed by atoms with Gasteiger partial charge in [-0.1, -0.05) is 18.2 Å². The number of hydrogen-bond acceptors (Lipinski definition) is 2. The Bertz CT molecular complexity index is 337. The quantitative estimate of drug-likeness (QED) is 0.763. The number of halogens is 3. The molecule has 0 saturated heterocycles. The molecular weight excluding hydrogens is 237 g/mol. The van der Waals surface area contributed by atoms with E-state index in [4.69, 9.17) is 8.85 Å². The molecule has 1 rings (SSSR count). The number of rotatable bonds is 4. The first-order chi connectivity index (χ1) is 7.47. The molecule has 0 saturated carbocycles. The summed E-state index contributed by atoms with van der Waals surface area (Å²) < 4.78 is 47.3. The lowest BCUT2D eigenvalue weighted by molar-refractivity contribution is -0.137. The van der Waals surface area contributed by atoms with Gasteiger partial charge in [-0.25, -0.2) is 0 Å². The van der Waals surface area contributed by atoms with E-state index < -0.39 is 21.0 Å². The first-order valence-corrected chi connectivity index (χ1v) is 6.09. The van der Waals surface area contributed by atoms with Gasteiger partial charge in [0.1, 0.15) is 0 Å². The SMILES string of the molecule is CO[Si](Cc1cccc(C(F)(F)F)c1)OC. The lowest BCUT2D eigenvalue weighted by Gasteiger charge is -2.11. The Kier molecular flexibility index (Phi) is 4.52. The third kappa shape index (κ3) is 3.62. The lowest BCUT2D eigenvalue weighted by Crippen LogP contribution is -2.22. The van der Waals surface area contributed by atoms with Crippen LogP contribution in [-0.4, -0.2) is 23.5 Å². The lowest BCUT2D eigenvalue weighted by atomic mass is 10.1. The minimum absolute atomic E-state index is 0.390. The monoisotopic (exact) mass is 249 g/mol. The Balaban J connectivity index is 2.82. The highest BCUT2D eigenvalue weighted by atomic mass is 28.3. The molecule has 0 fully saturated rings. The summed E-state index contributed by atoms with van der Waals surface area (Å²) in [7, 11) is 1.48. The fraction of sp³-hybridized carbons (Fsp3) is 0.400. The van der Waals surface area contributed by atoms with Crippen molar-refractivity contribution >= 4 is 9.28 Å². The maximum atomic E-state index is 12.4. The van der Waals surface area contributed by atoms with Gasteiger partial charge in [0, 0.05) is 20.3 Å². The van der Waals surface area contributed by atoms with E-state index >= 15 is 0 Å². The van der Waals surface area contributed by atoms with Crippen molar-refractivity contribution in [2.75, 3.05) is 14.2 Å². The van der Waals surface area contributed by atoms with Crippen molar-refractivity contribution in [1.29, 1.82) is 0 Å². The van der Waals surface area contributed by atoms with Crippen molar-refractivity contribution in [3.63, 3.8) is 0 Å². The molecule has 2 nitrogen and oxygen atoms in total. The van der Waals surface area contributed by atoms with Crippen LogP contribution in [0.4, 0.5) is 13.2 Å². The molecule has 16 heavy (non-hydrogen) atoms. The van der Waals surface area contributed by atoms with E-state index in [0.29, 0.717) is 11.6 Å². The first-order valence-electron chi connectivity index (χ1n) is 4.57. The van der Waals surface area contributed by atoms with Crippen LogP contribution in [0.5, 0.6) is 0 Å². The zero-order valence-electron chi connectivity index (χ0n) is 8.97. The molecule has 1 aromatic rings. The Morgan fingerprint density at radius 3 is 2.31 bits per heavy atom. The second kappa shape index (κ2) is 5.47. The third-order valence-electron chi connectivity index (χ3n) is 2.06. The van der Waals surface area contributed by atoms with Crippen LogP contribution in [0, 0.1) is 0 Å². The first kappa shape index (κ1) is 13.2. The fourth-order valence-electron chi connectivity index (χ4n) is 1.25. The van der Waals surface area contributed by atoms with E-state index in [1.165, 1.54) is 20.3 Å². The molecule has 0 bridgehead atoms. The van der Waals surface area contributed by atoms with Crippen LogP contribution >= 0.6 is 0 Å². The van der Waals surface area contributed by atoms with Crippen molar-refractivity contribution in [1.82, 2.24) is 0 Å². The van der Waals surface area contributed by atoms with Crippen LogP contribution < -0.4 is 0 Å². The van der Waals surface area contributed by atoms with Crippen LogP contribution in [-0.2, 0) is 21.1 Å². The molecule has 0 aliphatic rings. The summed E-state index contributed by atoms with van der Waals surface area (Å²) in [4.78, 5) is 0. The molecule has 89 valence electrons. The summed E-state index contributed by atoms with van der Waals surface area (Å²) in [5, 5.41) is 0. The summed E-state index contributed by atoms with van der Waals surface area (Å²) in [6.07, 6.45) is -4.30. The van der Waals surface area contributed by atoms with E-state index in [1.807, 2.05) is 0 Å². The molecule has 0 spiro atoms. The summed E-state index contributed by atoms with van der Waals surface area (Å²) >= 11 is 0. The molecule has 1 aromatic carbocycles. The highest BCUT2D eigenvalue weighted by molar-refractivity contribution is 6.43. The van der Waals surface area contributed by atoms with Gasteiger partial charge in [-0.2, -0.15) is 13.2 Å². The Labute approximate surface area is 93.8 Å². The largest absolute Gasteiger partial charge is 0.416 e. The van der Waals surface area contributed by atoms with E-state index in [-0.39, 0.29) is 0 Å². The van der Waals surface area contributed by atoms with Crippen LogP contribution in [0.3, 0.4) is 0 Å². The van der Waals surface area contributed by atoms with Gasteiger partial charge >= 0.3 is 15.5 Å². The molecule has 0 aromatic heterocycles. The molecule has 1 radical (unpaired) electrons. The number of benzene rings is 1. The number of hydrogen-bond donors (Lipinski definition) is 0. The minimum atomic E-state index is -4.30. The third-order valence-corrected chi connectivity index (χ3v) is 3.67. The van der Waals surface area contributed by atoms with Crippen molar-refractivity contribution in [3.8, 4) is 0 Å². The van der Waals surface area contributed by atoms with Crippen molar-refractivity contribution in [2.24, 2.45) is 0 Å². The molecule has 0 aliphatic heterocycles. The minimum Gasteiger partial charge on any atom is -0.397 e. The fourth-order valence-corrected chi connectivity index (χ4v) is 2.26. The molecule has 0 aliphatic carbocycles. The highest BCUT2D eigenvalue weighted by Gasteiger charge is 2.30. The van der Waals surface area contributed by atoms with E-state index in [2.05, 4.69) is 0 Å². The summed E-state index contributed by atoms with van der Waals surface area (Å²) in [6, 6.07) is 5.60. The predicted molar refractivity (Wildman–Crippen MR) is 54.9 cm³/mol. The molecule has 0 amide bonds. The van der Waals surface area contributed by atoms with Crippen LogP contribution in [0.15, 0.2) is 24.3 Å². The Morgan fingerprint density at radius 2 is 1.81 bits per heavy atom. The smallest absolute Gasteiger partial charge is 0.397 e. The van der Waals surface area contributed by atoms with Gasteiger partial charge in [0.25, 0.3) is 0 Å². The topological polar surface area (TPSA) is 18.5 Å². The summed E-state index contributed by atoms with van der Waals surface area (Å²) in [5.41, 5.74) is -0.0639. The van der Waals surface area contributed by atoms with Gasteiger partial charge in [-0.3, -0.25) is 0 Å². The molecule has 6 heteroatoms. The average molecular weight is 249 g/mol. The van der Waals surface area contributed by atoms with Crippen LogP contribution in [0.1, 0.15) is 11.1 Å². The summed E-state index contributed by atoms with van der Waals surface area (Å²) in [5.74, 6) is 0.